The molecular weight excluding hydrogens is 477 g/mol. The van der Waals surface area contributed by atoms with Gasteiger partial charge in [-0.05, 0) is 36.4 Å². The zero-order chi connectivity index (χ0) is 15.6. The second kappa shape index (κ2) is 7.13. The topological polar surface area (TPSA) is 58.3 Å². The van der Waals surface area contributed by atoms with Crippen LogP contribution < -0.4 is 15.4 Å². The van der Waals surface area contributed by atoms with Crippen molar-refractivity contribution in [1.29, 1.82) is 0 Å². The van der Waals surface area contributed by atoms with Crippen molar-refractivity contribution in [3.63, 3.8) is 0 Å². The SMILES string of the molecule is NCc1cccc(N2[B]N(c3ccccn3)c3ccccc32)n1.[Ir]. The minimum Gasteiger partial charge on any atom is -0.351 e. The molecule has 7 heteroatoms. The van der Waals surface area contributed by atoms with E-state index in [9.17, 15) is 0 Å². The van der Waals surface area contributed by atoms with Crippen molar-refractivity contribution in [2.24, 2.45) is 5.73 Å². The number of nitrogens with zero attached hydrogens (tertiary/aromatic N) is 4. The van der Waals surface area contributed by atoms with Gasteiger partial charge in [0.25, 0.3) is 0 Å². The number of anilines is 4. The molecule has 4 rings (SSSR count). The molecule has 5 nitrogen and oxygen atoms in total. The molecule has 24 heavy (non-hydrogen) atoms. The number of para-hydroxylation sites is 2. The van der Waals surface area contributed by atoms with Gasteiger partial charge in [-0.25, -0.2) is 9.97 Å². The Bertz CT molecular complexity index is 830. The maximum atomic E-state index is 5.72. The van der Waals surface area contributed by atoms with Crippen LogP contribution in [0.5, 0.6) is 0 Å². The average Bonchev–Trinajstić information content (AvgIpc) is 3.02. The van der Waals surface area contributed by atoms with Crippen LogP contribution >= 0.6 is 0 Å². The number of nitrogens with two attached hydrogens (primary N) is 1. The molecule has 0 unspecified atom stereocenters. The predicted molar refractivity (Wildman–Crippen MR) is 92.8 cm³/mol. The third-order valence-corrected chi connectivity index (χ3v) is 3.78. The van der Waals surface area contributed by atoms with Gasteiger partial charge in [-0.2, -0.15) is 0 Å². The third kappa shape index (κ3) is 2.94. The van der Waals surface area contributed by atoms with Crippen molar-refractivity contribution in [2.45, 2.75) is 6.54 Å². The van der Waals surface area contributed by atoms with Gasteiger partial charge in [0, 0.05) is 32.8 Å². The summed E-state index contributed by atoms with van der Waals surface area (Å²) < 4.78 is 0. The number of pyridine rings is 2. The Kier molecular flexibility index (Phi) is 4.95. The van der Waals surface area contributed by atoms with Gasteiger partial charge in [0.1, 0.15) is 11.6 Å². The fourth-order valence-electron chi connectivity index (χ4n) is 2.69. The normalized spacial score (nSPS) is 12.4. The van der Waals surface area contributed by atoms with Crippen LogP contribution in [0.15, 0.2) is 66.9 Å². The number of rotatable bonds is 3. The average molecular weight is 492 g/mol. The smallest absolute Gasteiger partial charge is 0.351 e. The Morgan fingerprint density at radius 1 is 0.833 bits per heavy atom. The van der Waals surface area contributed by atoms with E-state index in [1.807, 2.05) is 56.1 Å². The summed E-state index contributed by atoms with van der Waals surface area (Å²) in [7, 11) is 2.01. The molecule has 1 aliphatic rings. The standard InChI is InChI=1S/C17H15BN5.Ir/c19-12-13-6-5-10-17(21-13)23-15-8-2-1-7-14(15)22(18-23)16-9-3-4-11-20-16;/h1-11H,12,19H2;. The van der Waals surface area contributed by atoms with Crippen LogP contribution in [0.25, 0.3) is 0 Å². The quantitative estimate of drug-likeness (QED) is 0.570. The first kappa shape index (κ1) is 16.6. The van der Waals surface area contributed by atoms with Gasteiger partial charge in [0.2, 0.25) is 0 Å². The van der Waals surface area contributed by atoms with Gasteiger partial charge >= 0.3 is 7.55 Å². The summed E-state index contributed by atoms with van der Waals surface area (Å²) >= 11 is 0. The Hall–Kier alpha value is -2.21. The fourth-order valence-corrected chi connectivity index (χ4v) is 2.69. The molecule has 2 radical (unpaired) electrons. The maximum absolute atomic E-state index is 5.72. The first-order chi connectivity index (χ1) is 11.4. The van der Waals surface area contributed by atoms with E-state index in [4.69, 9.17) is 5.73 Å². The largest absolute Gasteiger partial charge is 0.403 e. The molecule has 0 fully saturated rings. The molecule has 0 atom stereocenters. The summed E-state index contributed by atoms with van der Waals surface area (Å²) in [6, 6.07) is 20.0. The van der Waals surface area contributed by atoms with Gasteiger partial charge in [-0.15, -0.1) is 0 Å². The van der Waals surface area contributed by atoms with Gasteiger partial charge in [0.15, 0.2) is 0 Å². The second-order valence-corrected chi connectivity index (χ2v) is 5.22. The first-order valence-electron chi connectivity index (χ1n) is 7.46. The Morgan fingerprint density at radius 2 is 1.50 bits per heavy atom. The van der Waals surface area contributed by atoms with Crippen LogP contribution in [-0.2, 0) is 26.7 Å². The van der Waals surface area contributed by atoms with E-state index in [1.165, 1.54) is 0 Å². The van der Waals surface area contributed by atoms with E-state index in [0.29, 0.717) is 6.54 Å². The number of fused-ring (bicyclic) bond motifs is 1. The first-order valence-corrected chi connectivity index (χ1v) is 7.46. The molecule has 0 spiro atoms. The minimum absolute atomic E-state index is 0. The molecule has 3 heterocycles. The van der Waals surface area contributed by atoms with E-state index in [1.54, 1.807) is 6.20 Å². The van der Waals surface area contributed by atoms with Crippen LogP contribution in [-0.4, -0.2) is 17.5 Å². The van der Waals surface area contributed by atoms with E-state index in [0.717, 1.165) is 28.7 Å². The van der Waals surface area contributed by atoms with Crippen molar-refractivity contribution in [3.05, 3.63) is 72.6 Å². The summed E-state index contributed by atoms with van der Waals surface area (Å²) in [5.41, 5.74) is 8.73. The van der Waals surface area contributed by atoms with Crippen LogP contribution in [0, 0.1) is 0 Å². The van der Waals surface area contributed by atoms with Crippen molar-refractivity contribution in [2.75, 3.05) is 9.62 Å². The molecule has 1 aliphatic heterocycles. The predicted octanol–water partition coefficient (Wildman–Crippen LogP) is 2.76. The summed E-state index contributed by atoms with van der Waals surface area (Å²) in [4.78, 5) is 13.2. The molecule has 0 saturated heterocycles. The summed E-state index contributed by atoms with van der Waals surface area (Å²) in [5, 5.41) is 0. The Morgan fingerprint density at radius 3 is 2.17 bits per heavy atom. The molecule has 0 aliphatic carbocycles. The van der Waals surface area contributed by atoms with Gasteiger partial charge in [0.05, 0.1) is 17.1 Å². The van der Waals surface area contributed by atoms with Crippen molar-refractivity contribution in [1.82, 2.24) is 9.97 Å². The van der Waals surface area contributed by atoms with Gasteiger partial charge in [-0.1, -0.05) is 24.3 Å². The van der Waals surface area contributed by atoms with Crippen molar-refractivity contribution < 1.29 is 20.1 Å². The van der Waals surface area contributed by atoms with Crippen LogP contribution in [0.4, 0.5) is 23.0 Å². The molecule has 2 N–H and O–H groups in total. The number of benzene rings is 1. The van der Waals surface area contributed by atoms with Crippen LogP contribution in [0.3, 0.4) is 0 Å². The summed E-state index contributed by atoms with van der Waals surface area (Å²) in [6.07, 6.45) is 1.79. The molecule has 0 amide bonds. The van der Waals surface area contributed by atoms with Crippen LogP contribution in [0.2, 0.25) is 0 Å². The van der Waals surface area contributed by atoms with E-state index in [2.05, 4.69) is 31.7 Å². The number of aromatic nitrogens is 2. The second-order valence-electron chi connectivity index (χ2n) is 5.22. The molecule has 1 aromatic carbocycles. The van der Waals surface area contributed by atoms with Gasteiger partial charge < -0.3 is 15.4 Å². The number of hydrogen-bond acceptors (Lipinski definition) is 5. The molecule has 2 aromatic heterocycles. The molecule has 0 saturated carbocycles. The number of hydrogen-bond donors (Lipinski definition) is 1. The Labute approximate surface area is 155 Å². The molecule has 120 valence electrons. The maximum Gasteiger partial charge on any atom is 0.403 e. The molecular formula is C17H15BIrN5. The molecule has 0 bridgehead atoms. The molecule has 3 aromatic rings. The Balaban J connectivity index is 0.00000169. The van der Waals surface area contributed by atoms with E-state index >= 15 is 0 Å². The van der Waals surface area contributed by atoms with E-state index < -0.39 is 0 Å². The van der Waals surface area contributed by atoms with Gasteiger partial charge in [-0.3, -0.25) is 0 Å². The zero-order valence-corrected chi connectivity index (χ0v) is 15.2. The van der Waals surface area contributed by atoms with Crippen molar-refractivity contribution in [3.8, 4) is 0 Å². The van der Waals surface area contributed by atoms with Crippen molar-refractivity contribution >= 4 is 30.6 Å². The van der Waals surface area contributed by atoms with Crippen LogP contribution in [0.1, 0.15) is 5.69 Å². The summed E-state index contributed by atoms with van der Waals surface area (Å²) in [6.45, 7) is 0.424. The third-order valence-electron chi connectivity index (χ3n) is 3.78. The monoisotopic (exact) mass is 493 g/mol. The van der Waals surface area contributed by atoms with E-state index in [-0.39, 0.29) is 20.1 Å². The minimum atomic E-state index is 0. The fraction of sp³-hybridized carbons (Fsp3) is 0.0588. The summed E-state index contributed by atoms with van der Waals surface area (Å²) in [5.74, 6) is 1.72. The zero-order valence-electron chi connectivity index (χ0n) is 12.8.